The van der Waals surface area contributed by atoms with E-state index >= 15 is 0 Å². The zero-order valence-corrected chi connectivity index (χ0v) is 21.0. The van der Waals surface area contributed by atoms with Gasteiger partial charge in [0, 0.05) is 24.2 Å². The third-order valence-electron chi connectivity index (χ3n) is 6.33. The van der Waals surface area contributed by atoms with E-state index in [-0.39, 0.29) is 36.0 Å². The quantitative estimate of drug-likeness (QED) is 0.268. The number of alkyl halides is 3. The number of hydrogen-bond acceptors (Lipinski definition) is 6. The van der Waals surface area contributed by atoms with E-state index in [4.69, 9.17) is 0 Å². The highest BCUT2D eigenvalue weighted by atomic mass is 32.2. The van der Waals surface area contributed by atoms with E-state index in [0.29, 0.717) is 18.9 Å². The highest BCUT2D eigenvalue weighted by Crippen LogP contribution is 2.35. The van der Waals surface area contributed by atoms with Crippen LogP contribution in [0.25, 0.3) is 0 Å². The maximum Gasteiger partial charge on any atom is 0.416 e. The molecule has 1 saturated heterocycles. The van der Waals surface area contributed by atoms with Crippen LogP contribution in [-0.4, -0.2) is 43.5 Å². The van der Waals surface area contributed by atoms with Crippen LogP contribution in [-0.2, 0) is 30.6 Å². The first kappa shape index (κ1) is 27.8. The van der Waals surface area contributed by atoms with Crippen molar-refractivity contribution in [2.75, 3.05) is 11.3 Å². The molecule has 0 spiro atoms. The number of nitrogens with one attached hydrogen (secondary N) is 3. The number of likely N-dealkylation sites (tertiary alicyclic amines) is 1. The van der Waals surface area contributed by atoms with E-state index in [1.165, 1.54) is 12.1 Å². The summed E-state index contributed by atoms with van der Waals surface area (Å²) in [7, 11) is -4.36. The summed E-state index contributed by atoms with van der Waals surface area (Å²) in [6.07, 6.45) is -0.296. The Bertz CT molecular complexity index is 1430. The smallest absolute Gasteiger partial charge is 0.282 e. The number of allylic oxidation sites excluding steroid dienone is 2. The zero-order valence-electron chi connectivity index (χ0n) is 20.2. The first-order valence-electron chi connectivity index (χ1n) is 11.8. The van der Waals surface area contributed by atoms with Gasteiger partial charge in [-0.3, -0.25) is 39.7 Å². The van der Waals surface area contributed by atoms with Gasteiger partial charge in [-0.2, -0.15) is 13.2 Å². The number of benzene rings is 2. The third-order valence-corrected chi connectivity index (χ3v) is 7.70. The molecule has 206 valence electrons. The molecule has 2 atom stereocenters. The molecule has 1 aliphatic heterocycles. The van der Waals surface area contributed by atoms with Gasteiger partial charge in [-0.1, -0.05) is 24.3 Å². The molecule has 2 aromatic rings. The van der Waals surface area contributed by atoms with E-state index in [1.807, 2.05) is 16.9 Å². The fourth-order valence-electron chi connectivity index (χ4n) is 4.34. The molecule has 1 aliphatic carbocycles. The summed E-state index contributed by atoms with van der Waals surface area (Å²) in [5.74, 6) is -3.06. The summed E-state index contributed by atoms with van der Waals surface area (Å²) in [4.78, 5) is 50.3. The molecular formula is C25H23F3N4O6S. The van der Waals surface area contributed by atoms with E-state index in [0.717, 1.165) is 35.2 Å². The number of fused-ring (bicyclic) bond motifs is 1. The van der Waals surface area contributed by atoms with Gasteiger partial charge < -0.3 is 0 Å². The van der Waals surface area contributed by atoms with Gasteiger partial charge in [-0.25, -0.2) is 8.42 Å². The van der Waals surface area contributed by atoms with Crippen molar-refractivity contribution in [3.05, 3.63) is 71.8 Å². The molecule has 39 heavy (non-hydrogen) atoms. The predicted molar refractivity (Wildman–Crippen MR) is 131 cm³/mol. The molecule has 0 unspecified atom stereocenters. The van der Waals surface area contributed by atoms with Gasteiger partial charge in [-0.15, -0.1) is 0 Å². The van der Waals surface area contributed by atoms with Crippen molar-refractivity contribution in [3.63, 3.8) is 0 Å². The van der Waals surface area contributed by atoms with Gasteiger partial charge >= 0.3 is 6.18 Å². The molecule has 1 fully saturated rings. The first-order chi connectivity index (χ1) is 18.4. The zero-order chi connectivity index (χ0) is 28.4. The fraction of sp³-hybridized carbons (Fsp3) is 0.280. The Labute approximate surface area is 221 Å². The van der Waals surface area contributed by atoms with Crippen molar-refractivity contribution < 1.29 is 40.8 Å². The standard InChI is InChI=1S/C25H23F3N4O6S/c26-25(27,28)16-6-4-7-17(14-16)31-39(37,38)18-8-3-5-15(13-18)22(34)30-29-21(33)11-12-32-23(35)19-9-1-2-10-20(19)24(32)36/h1-8,13-14,19-20,31H,9-12H2,(H,29,33)(H,30,34)/t19-,20-/m0/s1. The number of anilines is 1. The Morgan fingerprint density at radius 1 is 0.923 bits per heavy atom. The van der Waals surface area contributed by atoms with Gasteiger partial charge in [0.05, 0.1) is 22.3 Å². The number of carbonyl (C=O) groups excluding carboxylic acids is 4. The number of sulfonamides is 1. The lowest BCUT2D eigenvalue weighted by Gasteiger charge is -2.15. The second-order valence-electron chi connectivity index (χ2n) is 8.95. The van der Waals surface area contributed by atoms with Gasteiger partial charge in [0.2, 0.25) is 17.7 Å². The summed E-state index contributed by atoms with van der Waals surface area (Å²) >= 11 is 0. The molecule has 4 rings (SSSR count). The monoisotopic (exact) mass is 564 g/mol. The molecule has 0 bridgehead atoms. The van der Waals surface area contributed by atoms with Crippen molar-refractivity contribution in [2.45, 2.75) is 30.3 Å². The molecule has 0 radical (unpaired) electrons. The van der Waals surface area contributed by atoms with Crippen LogP contribution in [0, 0.1) is 11.8 Å². The number of amides is 4. The fourth-order valence-corrected chi connectivity index (χ4v) is 5.44. The Morgan fingerprint density at radius 3 is 2.21 bits per heavy atom. The Kier molecular flexibility index (Phi) is 7.77. The van der Waals surface area contributed by atoms with Crippen LogP contribution in [0.4, 0.5) is 18.9 Å². The molecule has 0 saturated carbocycles. The second kappa shape index (κ2) is 10.9. The Hall–Kier alpha value is -4.20. The van der Waals surface area contributed by atoms with E-state index < -0.39 is 50.3 Å². The summed E-state index contributed by atoms with van der Waals surface area (Å²) in [5.41, 5.74) is 2.74. The molecular weight excluding hydrogens is 541 g/mol. The van der Waals surface area contributed by atoms with Crippen molar-refractivity contribution in [1.29, 1.82) is 0 Å². The van der Waals surface area contributed by atoms with E-state index in [1.54, 1.807) is 0 Å². The first-order valence-corrected chi connectivity index (χ1v) is 13.2. The molecule has 2 aliphatic rings. The van der Waals surface area contributed by atoms with Crippen molar-refractivity contribution in [3.8, 4) is 0 Å². The summed E-state index contributed by atoms with van der Waals surface area (Å²) in [6.45, 7) is -0.151. The van der Waals surface area contributed by atoms with Gasteiger partial charge in [0.15, 0.2) is 0 Å². The molecule has 0 aromatic heterocycles. The topological polar surface area (TPSA) is 142 Å². The normalized spacial score (nSPS) is 19.0. The highest BCUT2D eigenvalue weighted by molar-refractivity contribution is 7.92. The Morgan fingerprint density at radius 2 is 1.56 bits per heavy atom. The summed E-state index contributed by atoms with van der Waals surface area (Å²) in [5, 5.41) is 0. The second-order valence-corrected chi connectivity index (χ2v) is 10.6. The summed E-state index contributed by atoms with van der Waals surface area (Å²) in [6, 6.07) is 8.26. The third kappa shape index (κ3) is 6.28. The summed E-state index contributed by atoms with van der Waals surface area (Å²) < 4.78 is 66.2. The van der Waals surface area contributed by atoms with Crippen LogP contribution in [0.3, 0.4) is 0 Å². The minimum Gasteiger partial charge on any atom is -0.282 e. The number of hydrazine groups is 1. The minimum atomic E-state index is -4.67. The highest BCUT2D eigenvalue weighted by Gasteiger charge is 2.46. The van der Waals surface area contributed by atoms with Crippen molar-refractivity contribution in [1.82, 2.24) is 15.8 Å². The predicted octanol–water partition coefficient (Wildman–Crippen LogP) is 2.61. The van der Waals surface area contributed by atoms with Gasteiger partial charge in [0.25, 0.3) is 15.9 Å². The lowest BCUT2D eigenvalue weighted by molar-refractivity contribution is -0.140. The lowest BCUT2D eigenvalue weighted by atomic mass is 9.85. The number of carbonyl (C=O) groups is 4. The molecule has 4 amide bonds. The Balaban J connectivity index is 1.33. The van der Waals surface area contributed by atoms with Gasteiger partial charge in [0.1, 0.15) is 0 Å². The van der Waals surface area contributed by atoms with Crippen LogP contribution >= 0.6 is 0 Å². The van der Waals surface area contributed by atoms with Crippen LogP contribution in [0.15, 0.2) is 65.6 Å². The number of hydrogen-bond donors (Lipinski definition) is 3. The molecule has 3 N–H and O–H groups in total. The van der Waals surface area contributed by atoms with E-state index in [9.17, 15) is 40.8 Å². The molecule has 10 nitrogen and oxygen atoms in total. The number of nitrogens with zero attached hydrogens (tertiary/aromatic N) is 1. The average Bonchev–Trinajstić information content (AvgIpc) is 3.14. The van der Waals surface area contributed by atoms with Crippen LogP contribution in [0.1, 0.15) is 35.2 Å². The SMILES string of the molecule is O=C(CCN1C(=O)[C@H]2CC=CC[C@@H]2C1=O)NNC(=O)c1cccc(S(=O)(=O)Nc2cccc(C(F)(F)F)c2)c1. The number of rotatable bonds is 7. The number of halogens is 3. The average molecular weight is 565 g/mol. The molecule has 1 heterocycles. The lowest BCUT2D eigenvalue weighted by Crippen LogP contribution is -2.43. The van der Waals surface area contributed by atoms with Gasteiger partial charge in [-0.05, 0) is 49.2 Å². The molecule has 2 aromatic carbocycles. The minimum absolute atomic E-state index is 0.151. The van der Waals surface area contributed by atoms with Crippen LogP contribution < -0.4 is 15.6 Å². The number of imide groups is 1. The van der Waals surface area contributed by atoms with Crippen LogP contribution in [0.2, 0.25) is 0 Å². The van der Waals surface area contributed by atoms with Crippen LogP contribution in [0.5, 0.6) is 0 Å². The van der Waals surface area contributed by atoms with E-state index in [2.05, 4.69) is 10.9 Å². The maximum atomic E-state index is 12.9. The largest absolute Gasteiger partial charge is 0.416 e. The maximum absolute atomic E-state index is 12.9. The van der Waals surface area contributed by atoms with Crippen molar-refractivity contribution in [2.24, 2.45) is 11.8 Å². The molecule has 14 heteroatoms. The van der Waals surface area contributed by atoms with Crippen molar-refractivity contribution >= 4 is 39.3 Å².